The average molecular weight is 322 g/mol. The predicted molar refractivity (Wildman–Crippen MR) is 73.1 cm³/mol. The summed E-state index contributed by atoms with van der Waals surface area (Å²) in [5, 5.41) is 56.2. The molecule has 2 aromatic rings. The van der Waals surface area contributed by atoms with E-state index in [1.54, 1.807) is 0 Å². The lowest BCUT2D eigenvalue weighted by molar-refractivity contribution is 0.0677. The molecule has 2 rings (SSSR count). The number of hydrogen-bond donors (Lipinski definition) is 6. The number of ether oxygens (including phenoxy) is 1. The largest absolute Gasteiger partial charge is 0.508 e. The summed E-state index contributed by atoms with van der Waals surface area (Å²) in [4.78, 5) is 23.1. The maximum Gasteiger partial charge on any atom is 0.351 e. The van der Waals surface area contributed by atoms with Crippen molar-refractivity contribution in [2.75, 3.05) is 0 Å². The van der Waals surface area contributed by atoms with E-state index in [4.69, 9.17) is 14.9 Å². The van der Waals surface area contributed by atoms with E-state index in [-0.39, 0.29) is 0 Å². The van der Waals surface area contributed by atoms with Gasteiger partial charge in [-0.15, -0.1) is 0 Å². The Morgan fingerprint density at radius 2 is 1.17 bits per heavy atom. The first-order valence-electron chi connectivity index (χ1n) is 5.97. The number of carboxylic acids is 1. The quantitative estimate of drug-likeness (QED) is 0.359. The molecule has 0 aliphatic rings. The van der Waals surface area contributed by atoms with Crippen LogP contribution >= 0.6 is 0 Å². The molecule has 9 nitrogen and oxygen atoms in total. The van der Waals surface area contributed by atoms with Gasteiger partial charge in [-0.25, -0.2) is 9.59 Å². The molecule has 0 aliphatic carbocycles. The Balaban J connectivity index is 2.48. The van der Waals surface area contributed by atoms with Gasteiger partial charge in [-0.05, 0) is 0 Å². The molecule has 0 bridgehead atoms. The summed E-state index contributed by atoms with van der Waals surface area (Å²) in [7, 11) is 0. The molecule has 2 aromatic carbocycles. The highest BCUT2D eigenvalue weighted by molar-refractivity contribution is 6.00. The van der Waals surface area contributed by atoms with Crippen LogP contribution in [0.25, 0.3) is 0 Å². The molecule has 0 heterocycles. The SMILES string of the molecule is O=C(Oc1cc(O)cc(O)c1C(=O)O)c1c(O)cc(O)cc1O. The topological polar surface area (TPSA) is 165 Å². The van der Waals surface area contributed by atoms with E-state index < -0.39 is 57.6 Å². The van der Waals surface area contributed by atoms with E-state index in [0.717, 1.165) is 24.3 Å². The molecule has 23 heavy (non-hydrogen) atoms. The van der Waals surface area contributed by atoms with Crippen molar-refractivity contribution in [3.05, 3.63) is 35.4 Å². The van der Waals surface area contributed by atoms with E-state index in [1.165, 1.54) is 0 Å². The highest BCUT2D eigenvalue weighted by Crippen LogP contribution is 2.36. The van der Waals surface area contributed by atoms with Crippen molar-refractivity contribution >= 4 is 11.9 Å². The van der Waals surface area contributed by atoms with Gasteiger partial charge in [0.25, 0.3) is 0 Å². The minimum absolute atomic E-state index is 0.516. The molecule has 0 saturated heterocycles. The number of rotatable bonds is 3. The van der Waals surface area contributed by atoms with Crippen LogP contribution in [0.15, 0.2) is 24.3 Å². The van der Waals surface area contributed by atoms with Crippen molar-refractivity contribution < 1.29 is 45.0 Å². The monoisotopic (exact) mass is 322 g/mol. The van der Waals surface area contributed by atoms with Gasteiger partial charge >= 0.3 is 11.9 Å². The van der Waals surface area contributed by atoms with Crippen LogP contribution in [0.3, 0.4) is 0 Å². The number of aromatic carboxylic acids is 1. The summed E-state index contributed by atoms with van der Waals surface area (Å²) in [5.41, 5.74) is -1.53. The van der Waals surface area contributed by atoms with Crippen molar-refractivity contribution in [1.82, 2.24) is 0 Å². The lowest BCUT2D eigenvalue weighted by atomic mass is 10.1. The molecule has 6 N–H and O–H groups in total. The Morgan fingerprint density at radius 3 is 1.65 bits per heavy atom. The third kappa shape index (κ3) is 3.02. The van der Waals surface area contributed by atoms with Crippen LogP contribution < -0.4 is 4.74 Å². The van der Waals surface area contributed by atoms with Crippen LogP contribution in [-0.2, 0) is 0 Å². The number of aromatic hydroxyl groups is 5. The first kappa shape index (κ1) is 15.8. The van der Waals surface area contributed by atoms with Crippen LogP contribution in [0.1, 0.15) is 20.7 Å². The Morgan fingerprint density at radius 1 is 0.739 bits per heavy atom. The molecule has 0 radical (unpaired) electrons. The fourth-order valence-electron chi connectivity index (χ4n) is 1.84. The van der Waals surface area contributed by atoms with Gasteiger partial charge in [-0.2, -0.15) is 0 Å². The Labute approximate surface area is 127 Å². The van der Waals surface area contributed by atoms with Crippen LogP contribution in [0.4, 0.5) is 0 Å². The number of carbonyl (C=O) groups is 2. The van der Waals surface area contributed by atoms with Crippen LogP contribution in [-0.4, -0.2) is 42.6 Å². The molecule has 0 spiro atoms. The summed E-state index contributed by atoms with van der Waals surface area (Å²) in [6.07, 6.45) is 0. The summed E-state index contributed by atoms with van der Waals surface area (Å²) < 4.78 is 4.71. The van der Waals surface area contributed by atoms with Crippen molar-refractivity contribution in [1.29, 1.82) is 0 Å². The molecular formula is C14H10O9. The van der Waals surface area contributed by atoms with Crippen molar-refractivity contribution in [3.8, 4) is 34.5 Å². The van der Waals surface area contributed by atoms with Gasteiger partial charge in [0.2, 0.25) is 0 Å². The second kappa shape index (κ2) is 5.64. The molecule has 0 saturated carbocycles. The maximum atomic E-state index is 12.0. The third-order valence-electron chi connectivity index (χ3n) is 2.77. The Bertz CT molecular complexity index is 787. The second-order valence-corrected chi connectivity index (χ2v) is 4.39. The minimum Gasteiger partial charge on any atom is -0.508 e. The number of carbonyl (C=O) groups excluding carboxylic acids is 1. The zero-order valence-corrected chi connectivity index (χ0v) is 11.2. The van der Waals surface area contributed by atoms with Crippen molar-refractivity contribution in [2.45, 2.75) is 0 Å². The number of hydrogen-bond acceptors (Lipinski definition) is 8. The molecule has 120 valence electrons. The molecule has 0 aromatic heterocycles. The number of phenolic OH excluding ortho intramolecular Hbond substituents is 4. The smallest absolute Gasteiger partial charge is 0.351 e. The minimum atomic E-state index is -1.63. The van der Waals surface area contributed by atoms with Crippen LogP contribution in [0.5, 0.6) is 34.5 Å². The first-order chi connectivity index (χ1) is 10.7. The maximum absolute atomic E-state index is 12.0. The van der Waals surface area contributed by atoms with Gasteiger partial charge in [-0.1, -0.05) is 0 Å². The van der Waals surface area contributed by atoms with E-state index in [9.17, 15) is 30.0 Å². The van der Waals surface area contributed by atoms with E-state index in [2.05, 4.69) is 0 Å². The molecule has 0 amide bonds. The van der Waals surface area contributed by atoms with E-state index in [0.29, 0.717) is 0 Å². The van der Waals surface area contributed by atoms with Gasteiger partial charge in [-0.3, -0.25) is 0 Å². The van der Waals surface area contributed by atoms with Gasteiger partial charge < -0.3 is 35.4 Å². The molecule has 0 unspecified atom stereocenters. The molecule has 0 fully saturated rings. The standard InChI is InChI=1S/C14H10O9/c15-5-1-7(17)11(8(18)2-5)14(22)23-10-4-6(16)3-9(19)12(10)13(20)21/h1-4,15-19H,(H,20,21). The number of benzene rings is 2. The van der Waals surface area contributed by atoms with E-state index >= 15 is 0 Å². The second-order valence-electron chi connectivity index (χ2n) is 4.39. The molecule has 9 heteroatoms. The number of esters is 1. The van der Waals surface area contributed by atoms with Crippen LogP contribution in [0, 0.1) is 0 Å². The van der Waals surface area contributed by atoms with E-state index in [1.807, 2.05) is 0 Å². The van der Waals surface area contributed by atoms with Gasteiger partial charge in [0, 0.05) is 24.3 Å². The Hall–Kier alpha value is -3.62. The summed E-state index contributed by atoms with van der Waals surface area (Å²) in [5.74, 6) is -7.27. The summed E-state index contributed by atoms with van der Waals surface area (Å²) in [6.45, 7) is 0. The zero-order valence-electron chi connectivity index (χ0n) is 11.2. The number of phenols is 5. The Kier molecular flexibility index (Phi) is 3.86. The predicted octanol–water partition coefficient (Wildman–Crippen LogP) is 1.13. The van der Waals surface area contributed by atoms with Gasteiger partial charge in [0.1, 0.15) is 39.9 Å². The van der Waals surface area contributed by atoms with Crippen molar-refractivity contribution in [2.24, 2.45) is 0 Å². The average Bonchev–Trinajstić information content (AvgIpc) is 2.35. The first-order valence-corrected chi connectivity index (χ1v) is 5.97. The van der Waals surface area contributed by atoms with Gasteiger partial charge in [0.15, 0.2) is 5.75 Å². The lowest BCUT2D eigenvalue weighted by Gasteiger charge is -2.11. The molecular weight excluding hydrogens is 312 g/mol. The molecule has 0 aliphatic heterocycles. The third-order valence-corrected chi connectivity index (χ3v) is 2.77. The summed E-state index contributed by atoms with van der Waals surface area (Å²) >= 11 is 0. The highest BCUT2D eigenvalue weighted by atomic mass is 16.5. The summed E-state index contributed by atoms with van der Waals surface area (Å²) in [6, 6.07) is 3.01. The highest BCUT2D eigenvalue weighted by Gasteiger charge is 2.25. The normalized spacial score (nSPS) is 10.3. The fraction of sp³-hybridized carbons (Fsp3) is 0. The fourth-order valence-corrected chi connectivity index (χ4v) is 1.84. The number of carboxylic acid groups (broad SMARTS) is 1. The lowest BCUT2D eigenvalue weighted by Crippen LogP contribution is -2.12. The van der Waals surface area contributed by atoms with Gasteiger partial charge in [0.05, 0.1) is 0 Å². The zero-order chi connectivity index (χ0) is 17.3. The van der Waals surface area contributed by atoms with Crippen LogP contribution in [0.2, 0.25) is 0 Å². The molecule has 0 atom stereocenters. The van der Waals surface area contributed by atoms with Crippen molar-refractivity contribution in [3.63, 3.8) is 0 Å².